The van der Waals surface area contributed by atoms with Crippen LogP contribution in [0, 0.1) is 16.7 Å². The van der Waals surface area contributed by atoms with Gasteiger partial charge in [0.15, 0.2) is 0 Å². The monoisotopic (exact) mass is 375 g/mol. The van der Waals surface area contributed by atoms with Crippen molar-refractivity contribution in [2.45, 2.75) is 48.7 Å². The second-order valence-corrected chi connectivity index (χ2v) is 12.8. The Morgan fingerprint density at radius 1 is 1.26 bits per heavy atom. The molecule has 2 bridgehead atoms. The molecule has 2 heteroatoms. The van der Waals surface area contributed by atoms with Crippen LogP contribution < -0.4 is 3.61 Å². The van der Waals surface area contributed by atoms with Crippen LogP contribution in [0.4, 0.5) is 0 Å². The van der Waals surface area contributed by atoms with Gasteiger partial charge in [0.1, 0.15) is 0 Å². The van der Waals surface area contributed by atoms with Crippen molar-refractivity contribution in [3.05, 3.63) is 30.3 Å². The molecule has 2 saturated carbocycles. The first-order chi connectivity index (χ1) is 8.97. The standard InChI is InChI=1S/C17H25OTe/c1-16(2)13-9-10-17(16,15(18)11-13)12-19(3)14-7-5-4-6-8-14/h4-8,13,15,18H,9-12H2,1-3H3/q+1/t13-,15-,17-/m1/s1. The first-order valence-electron chi connectivity index (χ1n) is 7.33. The van der Waals surface area contributed by atoms with Gasteiger partial charge in [-0.15, -0.1) is 0 Å². The van der Waals surface area contributed by atoms with E-state index in [1.54, 1.807) is 3.61 Å². The van der Waals surface area contributed by atoms with E-state index in [0.717, 1.165) is 12.3 Å². The zero-order valence-corrected chi connectivity index (χ0v) is 14.6. The van der Waals surface area contributed by atoms with Crippen molar-refractivity contribution in [3.63, 3.8) is 0 Å². The molecule has 19 heavy (non-hydrogen) atoms. The van der Waals surface area contributed by atoms with Crippen LogP contribution in [-0.4, -0.2) is 30.8 Å². The molecule has 3 atom stereocenters. The Morgan fingerprint density at radius 3 is 2.47 bits per heavy atom. The van der Waals surface area contributed by atoms with Gasteiger partial charge in [0.05, 0.1) is 0 Å². The maximum atomic E-state index is 10.6. The van der Waals surface area contributed by atoms with Gasteiger partial charge in [-0.2, -0.15) is 0 Å². The first-order valence-corrected chi connectivity index (χ1v) is 12.5. The molecule has 2 aliphatic carbocycles. The number of aliphatic hydroxyl groups excluding tert-OH is 1. The van der Waals surface area contributed by atoms with E-state index in [1.807, 2.05) is 0 Å². The van der Waals surface area contributed by atoms with Crippen molar-refractivity contribution < 1.29 is 5.11 Å². The summed E-state index contributed by atoms with van der Waals surface area (Å²) in [7, 11) is 0. The third-order valence-corrected chi connectivity index (χ3v) is 11.8. The number of fused-ring (bicyclic) bond motifs is 2. The van der Waals surface area contributed by atoms with Crippen LogP contribution in [0.3, 0.4) is 0 Å². The van der Waals surface area contributed by atoms with Gasteiger partial charge in [0.25, 0.3) is 0 Å². The van der Waals surface area contributed by atoms with E-state index >= 15 is 0 Å². The molecular weight excluding hydrogens is 348 g/mol. The van der Waals surface area contributed by atoms with E-state index in [0.29, 0.717) is 5.41 Å². The average Bonchev–Trinajstić information content (AvgIpc) is 2.74. The topological polar surface area (TPSA) is 20.2 Å². The number of hydrogen-bond acceptors (Lipinski definition) is 1. The molecule has 0 aliphatic heterocycles. The second kappa shape index (κ2) is 4.76. The Hall–Kier alpha value is -0.0304. The van der Waals surface area contributed by atoms with E-state index in [1.165, 1.54) is 17.3 Å². The molecule has 0 aromatic heterocycles. The van der Waals surface area contributed by atoms with E-state index in [-0.39, 0.29) is 11.5 Å². The Balaban J connectivity index is 1.86. The number of rotatable bonds is 3. The third-order valence-electron chi connectivity index (χ3n) is 6.01. The van der Waals surface area contributed by atoms with Gasteiger partial charge in [0.2, 0.25) is 0 Å². The fraction of sp³-hybridized carbons (Fsp3) is 0.647. The number of hydrogen-bond donors (Lipinski definition) is 1. The van der Waals surface area contributed by atoms with E-state index < -0.39 is 19.6 Å². The Labute approximate surface area is 124 Å². The van der Waals surface area contributed by atoms with Gasteiger partial charge in [-0.05, 0) is 0 Å². The van der Waals surface area contributed by atoms with E-state index in [2.05, 4.69) is 49.2 Å². The Bertz CT molecular complexity index is 456. The molecule has 2 aliphatic rings. The minimum absolute atomic E-state index is 0.0479. The fourth-order valence-corrected chi connectivity index (χ4v) is 11.0. The molecule has 3 rings (SSSR count). The second-order valence-electron chi connectivity index (χ2n) is 6.96. The quantitative estimate of drug-likeness (QED) is 0.808. The summed E-state index contributed by atoms with van der Waals surface area (Å²) in [5, 5.41) is 10.6. The molecule has 0 heterocycles. The van der Waals surface area contributed by atoms with Crippen LogP contribution in [0.15, 0.2) is 30.3 Å². The summed E-state index contributed by atoms with van der Waals surface area (Å²) in [5.41, 5.74) is 0.565. The van der Waals surface area contributed by atoms with Crippen molar-refractivity contribution in [2.24, 2.45) is 16.7 Å². The van der Waals surface area contributed by atoms with Crippen molar-refractivity contribution in [2.75, 3.05) is 0 Å². The zero-order chi connectivity index (χ0) is 13.7. The normalized spacial score (nSPS) is 36.1. The van der Waals surface area contributed by atoms with E-state index in [4.69, 9.17) is 0 Å². The van der Waals surface area contributed by atoms with Crippen LogP contribution in [0.2, 0.25) is 9.44 Å². The average molecular weight is 373 g/mol. The Morgan fingerprint density at radius 2 is 1.95 bits per heavy atom. The molecule has 0 radical (unpaired) electrons. The van der Waals surface area contributed by atoms with Crippen molar-refractivity contribution in [1.82, 2.24) is 0 Å². The summed E-state index contributed by atoms with van der Waals surface area (Å²) >= 11 is -1.29. The maximum absolute atomic E-state index is 10.6. The fourth-order valence-electron chi connectivity index (χ4n) is 4.50. The van der Waals surface area contributed by atoms with Crippen LogP contribution in [0.25, 0.3) is 0 Å². The van der Waals surface area contributed by atoms with Gasteiger partial charge in [-0.25, -0.2) is 0 Å². The molecule has 1 aromatic rings. The summed E-state index contributed by atoms with van der Waals surface area (Å²) in [5.74, 6) is 0.754. The molecule has 1 nitrogen and oxygen atoms in total. The first kappa shape index (κ1) is 13.9. The molecule has 0 saturated heterocycles. The van der Waals surface area contributed by atoms with Crippen LogP contribution in [0.5, 0.6) is 0 Å². The molecular formula is C17H25OTe+. The predicted molar refractivity (Wildman–Crippen MR) is 82.1 cm³/mol. The van der Waals surface area contributed by atoms with Crippen molar-refractivity contribution in [1.29, 1.82) is 0 Å². The summed E-state index contributed by atoms with van der Waals surface area (Å²) in [6, 6.07) is 11.0. The number of benzene rings is 1. The minimum atomic E-state index is -1.29. The summed E-state index contributed by atoms with van der Waals surface area (Å²) in [4.78, 5) is 2.49. The van der Waals surface area contributed by atoms with Gasteiger partial charge in [-0.3, -0.25) is 0 Å². The van der Waals surface area contributed by atoms with Gasteiger partial charge < -0.3 is 0 Å². The summed E-state index contributed by atoms with van der Waals surface area (Å²) in [6.45, 7) is 4.83. The summed E-state index contributed by atoms with van der Waals surface area (Å²) < 4.78 is 2.88. The van der Waals surface area contributed by atoms with Crippen LogP contribution in [-0.2, 0) is 0 Å². The zero-order valence-electron chi connectivity index (χ0n) is 12.2. The van der Waals surface area contributed by atoms with Gasteiger partial charge >= 0.3 is 124 Å². The van der Waals surface area contributed by atoms with E-state index in [9.17, 15) is 5.11 Å². The van der Waals surface area contributed by atoms with Gasteiger partial charge in [0, 0.05) is 0 Å². The molecule has 1 aromatic carbocycles. The molecule has 104 valence electrons. The Kier molecular flexibility index (Phi) is 3.49. The molecule has 2 fully saturated rings. The van der Waals surface area contributed by atoms with Crippen molar-refractivity contribution in [3.8, 4) is 0 Å². The molecule has 0 amide bonds. The number of aliphatic hydroxyl groups is 1. The molecule has 1 N–H and O–H groups in total. The van der Waals surface area contributed by atoms with Crippen molar-refractivity contribution >= 4 is 23.2 Å². The molecule has 0 spiro atoms. The molecule has 0 unspecified atom stereocenters. The van der Waals surface area contributed by atoms with Gasteiger partial charge in [-0.1, -0.05) is 0 Å². The van der Waals surface area contributed by atoms with Crippen LogP contribution in [0.1, 0.15) is 33.1 Å². The third kappa shape index (κ3) is 1.99. The summed E-state index contributed by atoms with van der Waals surface area (Å²) in [6.07, 6.45) is 3.59. The van der Waals surface area contributed by atoms with Crippen LogP contribution >= 0.6 is 0 Å². The predicted octanol–water partition coefficient (Wildman–Crippen LogP) is 3.21. The SMILES string of the molecule is C[Te+](C[C@]12CC[C@H](C[C@H]1O)C2(C)C)c1ccccc1.